The Morgan fingerprint density at radius 2 is 1.91 bits per heavy atom. The van der Waals surface area contributed by atoms with Crippen molar-refractivity contribution >= 4 is 21.9 Å². The van der Waals surface area contributed by atoms with Crippen molar-refractivity contribution in [2.24, 2.45) is 4.99 Å². The molecule has 0 atom stereocenters. The molecule has 0 amide bonds. The molecule has 0 aromatic heterocycles. The van der Waals surface area contributed by atoms with Gasteiger partial charge in [0.15, 0.2) is 5.96 Å². The van der Waals surface area contributed by atoms with Crippen LogP contribution in [0.15, 0.2) is 16.1 Å². The van der Waals surface area contributed by atoms with E-state index in [1.165, 1.54) is 32.1 Å². The molecule has 0 aromatic rings. The van der Waals surface area contributed by atoms with E-state index >= 15 is 0 Å². The highest BCUT2D eigenvalue weighted by molar-refractivity contribution is 9.11. The number of guanidine groups is 1. The van der Waals surface area contributed by atoms with Crippen molar-refractivity contribution in [3.05, 3.63) is 11.1 Å². The number of nitrogens with one attached hydrogen (secondary N) is 2. The van der Waals surface area contributed by atoms with Crippen molar-refractivity contribution in [1.82, 2.24) is 15.5 Å². The molecule has 0 unspecified atom stereocenters. The van der Waals surface area contributed by atoms with Gasteiger partial charge in [-0.25, -0.2) is 0 Å². The maximum atomic E-state index is 5.53. The molecule has 2 N–H and O–H groups in total. The molecule has 1 heterocycles. The highest BCUT2D eigenvalue weighted by Crippen LogP contribution is 2.33. The quantitative estimate of drug-likeness (QED) is 0.573. The molecule has 22 heavy (non-hydrogen) atoms. The van der Waals surface area contributed by atoms with Crippen LogP contribution in [0.3, 0.4) is 0 Å². The zero-order valence-corrected chi connectivity index (χ0v) is 15.3. The van der Waals surface area contributed by atoms with Gasteiger partial charge in [-0.15, -0.1) is 0 Å². The maximum Gasteiger partial charge on any atom is 0.191 e. The van der Waals surface area contributed by atoms with E-state index in [9.17, 15) is 0 Å². The number of hydrogen-bond acceptors (Lipinski definition) is 3. The van der Waals surface area contributed by atoms with Gasteiger partial charge in [-0.1, -0.05) is 41.8 Å². The van der Waals surface area contributed by atoms with Crippen LogP contribution in [0.2, 0.25) is 0 Å². The summed E-state index contributed by atoms with van der Waals surface area (Å²) in [5.74, 6) is 0.846. The molecule has 1 saturated carbocycles. The van der Waals surface area contributed by atoms with Crippen LogP contribution in [0.4, 0.5) is 0 Å². The van der Waals surface area contributed by atoms with Crippen LogP contribution in [0.1, 0.15) is 32.1 Å². The SMILES string of the molecule is C=C(Br)CNC(=NC)NCC1(N2CCOCC2)CCCCC1. The Kier molecular flexibility index (Phi) is 7.18. The summed E-state index contributed by atoms with van der Waals surface area (Å²) < 4.78 is 6.46. The Morgan fingerprint density at radius 3 is 2.50 bits per heavy atom. The smallest absolute Gasteiger partial charge is 0.191 e. The number of hydrogen-bond donors (Lipinski definition) is 2. The van der Waals surface area contributed by atoms with E-state index < -0.39 is 0 Å². The van der Waals surface area contributed by atoms with Crippen molar-refractivity contribution in [3.63, 3.8) is 0 Å². The molecule has 1 aliphatic carbocycles. The predicted molar refractivity (Wildman–Crippen MR) is 95.6 cm³/mol. The van der Waals surface area contributed by atoms with Crippen molar-refractivity contribution in [1.29, 1.82) is 0 Å². The topological polar surface area (TPSA) is 48.9 Å². The Hall–Kier alpha value is -0.590. The first kappa shape index (κ1) is 17.8. The molecule has 5 nitrogen and oxygen atoms in total. The Labute approximate surface area is 142 Å². The monoisotopic (exact) mass is 372 g/mol. The zero-order valence-electron chi connectivity index (χ0n) is 13.7. The molecule has 2 fully saturated rings. The lowest BCUT2D eigenvalue weighted by Crippen LogP contribution is -2.60. The molecule has 0 spiro atoms. The molecular weight excluding hydrogens is 344 g/mol. The van der Waals surface area contributed by atoms with Gasteiger partial charge in [0.2, 0.25) is 0 Å². The van der Waals surface area contributed by atoms with Crippen LogP contribution >= 0.6 is 15.9 Å². The van der Waals surface area contributed by atoms with Crippen LogP contribution in [-0.2, 0) is 4.74 Å². The number of aliphatic imine (C=N–C) groups is 1. The third kappa shape index (κ3) is 4.96. The fraction of sp³-hybridized carbons (Fsp3) is 0.812. The number of nitrogens with zero attached hydrogens (tertiary/aromatic N) is 2. The lowest BCUT2D eigenvalue weighted by molar-refractivity contribution is -0.0352. The van der Waals surface area contributed by atoms with Gasteiger partial charge in [0.25, 0.3) is 0 Å². The summed E-state index contributed by atoms with van der Waals surface area (Å²) in [6, 6.07) is 0. The Balaban J connectivity index is 1.95. The molecule has 0 aromatic carbocycles. The highest BCUT2D eigenvalue weighted by atomic mass is 79.9. The lowest BCUT2D eigenvalue weighted by atomic mass is 9.80. The number of halogens is 1. The number of rotatable bonds is 5. The van der Waals surface area contributed by atoms with Gasteiger partial charge in [0.1, 0.15) is 0 Å². The van der Waals surface area contributed by atoms with Crippen LogP contribution in [-0.4, -0.2) is 62.8 Å². The van der Waals surface area contributed by atoms with Gasteiger partial charge in [0, 0.05) is 43.2 Å². The van der Waals surface area contributed by atoms with E-state index in [1.54, 1.807) is 0 Å². The minimum Gasteiger partial charge on any atom is -0.379 e. The first-order valence-electron chi connectivity index (χ1n) is 8.27. The predicted octanol–water partition coefficient (Wildman–Crippen LogP) is 2.10. The second-order valence-electron chi connectivity index (χ2n) is 6.18. The van der Waals surface area contributed by atoms with Crippen LogP contribution < -0.4 is 10.6 Å². The van der Waals surface area contributed by atoms with Gasteiger partial charge in [-0.3, -0.25) is 9.89 Å². The lowest BCUT2D eigenvalue weighted by Gasteiger charge is -2.48. The fourth-order valence-corrected chi connectivity index (χ4v) is 3.64. The largest absolute Gasteiger partial charge is 0.379 e. The molecule has 2 aliphatic rings. The summed E-state index contributed by atoms with van der Waals surface area (Å²) in [4.78, 5) is 6.95. The minimum atomic E-state index is 0.255. The van der Waals surface area contributed by atoms with Crippen LogP contribution in [0.5, 0.6) is 0 Å². The van der Waals surface area contributed by atoms with Gasteiger partial charge >= 0.3 is 0 Å². The third-order valence-electron chi connectivity index (χ3n) is 4.72. The third-order valence-corrected chi connectivity index (χ3v) is 5.00. The summed E-state index contributed by atoms with van der Waals surface area (Å²) in [5.41, 5.74) is 0.255. The van der Waals surface area contributed by atoms with E-state index in [0.717, 1.165) is 43.3 Å². The summed E-state index contributed by atoms with van der Waals surface area (Å²) in [7, 11) is 1.81. The number of morpholine rings is 1. The van der Waals surface area contributed by atoms with E-state index in [2.05, 4.69) is 43.0 Å². The highest BCUT2D eigenvalue weighted by Gasteiger charge is 2.38. The summed E-state index contributed by atoms with van der Waals surface area (Å²) in [5, 5.41) is 6.80. The second kappa shape index (κ2) is 8.89. The standard InChI is InChI=1S/C16H29BrN4O/c1-14(17)12-19-15(18-2)20-13-16(6-4-3-5-7-16)21-8-10-22-11-9-21/h1,3-13H2,2H3,(H2,18,19,20). The van der Waals surface area contributed by atoms with Crippen molar-refractivity contribution in [2.45, 2.75) is 37.6 Å². The van der Waals surface area contributed by atoms with E-state index in [1.807, 2.05) is 7.05 Å². The molecule has 6 heteroatoms. The van der Waals surface area contributed by atoms with Crippen LogP contribution in [0, 0.1) is 0 Å². The van der Waals surface area contributed by atoms with E-state index in [0.29, 0.717) is 6.54 Å². The molecule has 0 radical (unpaired) electrons. The van der Waals surface area contributed by atoms with Gasteiger partial charge < -0.3 is 15.4 Å². The van der Waals surface area contributed by atoms with Crippen molar-refractivity contribution < 1.29 is 4.74 Å². The number of ether oxygens (including phenoxy) is 1. The molecule has 1 saturated heterocycles. The van der Waals surface area contributed by atoms with Gasteiger partial charge in [-0.2, -0.15) is 0 Å². The summed E-state index contributed by atoms with van der Waals surface area (Å²) in [6.45, 7) is 9.29. The average molecular weight is 373 g/mol. The normalized spacial score (nSPS) is 23.1. The van der Waals surface area contributed by atoms with E-state index in [-0.39, 0.29) is 5.54 Å². The van der Waals surface area contributed by atoms with Crippen molar-refractivity contribution in [3.8, 4) is 0 Å². The molecular formula is C16H29BrN4O. The molecule has 2 rings (SSSR count). The molecule has 1 aliphatic heterocycles. The minimum absolute atomic E-state index is 0.255. The van der Waals surface area contributed by atoms with Crippen LogP contribution in [0.25, 0.3) is 0 Å². The maximum absolute atomic E-state index is 5.53. The van der Waals surface area contributed by atoms with Crippen molar-refractivity contribution in [2.75, 3.05) is 46.4 Å². The average Bonchev–Trinajstić information content (AvgIpc) is 2.56. The molecule has 0 bridgehead atoms. The first-order valence-corrected chi connectivity index (χ1v) is 9.06. The first-order chi connectivity index (χ1) is 10.7. The Bertz CT molecular complexity index is 388. The second-order valence-corrected chi connectivity index (χ2v) is 7.30. The summed E-state index contributed by atoms with van der Waals surface area (Å²) in [6.07, 6.45) is 6.54. The van der Waals surface area contributed by atoms with Gasteiger partial charge in [0.05, 0.1) is 13.2 Å². The zero-order chi connectivity index (χ0) is 15.8. The van der Waals surface area contributed by atoms with Gasteiger partial charge in [-0.05, 0) is 12.8 Å². The van der Waals surface area contributed by atoms with E-state index in [4.69, 9.17) is 4.74 Å². The summed E-state index contributed by atoms with van der Waals surface area (Å²) >= 11 is 3.37. The Morgan fingerprint density at radius 1 is 1.23 bits per heavy atom. The fourth-order valence-electron chi connectivity index (χ4n) is 3.50. The molecule has 126 valence electrons.